The van der Waals surface area contributed by atoms with E-state index in [1.165, 1.54) is 0 Å². The molecule has 32 heavy (non-hydrogen) atoms. The summed E-state index contributed by atoms with van der Waals surface area (Å²) in [5.41, 5.74) is 3.30. The SMILES string of the molecule is O=C1CN(c2ccc(NC(=O)COc3ccc(-c4ccccc4)cc3Cl)cc2Cl)CCN1. The van der Waals surface area contributed by atoms with Gasteiger partial charge in [0.2, 0.25) is 5.91 Å². The molecule has 1 aliphatic rings. The van der Waals surface area contributed by atoms with Crippen molar-refractivity contribution < 1.29 is 14.3 Å². The highest BCUT2D eigenvalue weighted by Gasteiger charge is 2.19. The number of amides is 2. The fourth-order valence-electron chi connectivity index (χ4n) is 3.45. The zero-order valence-electron chi connectivity index (χ0n) is 17.1. The molecule has 1 heterocycles. The van der Waals surface area contributed by atoms with Crippen molar-refractivity contribution in [2.45, 2.75) is 0 Å². The molecule has 3 aromatic rings. The first-order valence-corrected chi connectivity index (χ1v) is 10.8. The van der Waals surface area contributed by atoms with E-state index in [2.05, 4.69) is 10.6 Å². The second-order valence-corrected chi connectivity index (χ2v) is 8.10. The summed E-state index contributed by atoms with van der Waals surface area (Å²) in [6.45, 7) is 1.30. The van der Waals surface area contributed by atoms with E-state index in [9.17, 15) is 9.59 Å². The van der Waals surface area contributed by atoms with Crippen LogP contribution in [0.25, 0.3) is 11.1 Å². The lowest BCUT2D eigenvalue weighted by Crippen LogP contribution is -2.47. The maximum Gasteiger partial charge on any atom is 0.262 e. The number of ether oxygens (including phenoxy) is 1. The average molecular weight is 470 g/mol. The predicted octanol–water partition coefficient (Wildman–Crippen LogP) is 4.61. The smallest absolute Gasteiger partial charge is 0.262 e. The van der Waals surface area contributed by atoms with Gasteiger partial charge in [0.05, 0.1) is 22.3 Å². The van der Waals surface area contributed by atoms with Crippen LogP contribution in [0.1, 0.15) is 0 Å². The monoisotopic (exact) mass is 469 g/mol. The van der Waals surface area contributed by atoms with Gasteiger partial charge in [-0.1, -0.05) is 59.6 Å². The van der Waals surface area contributed by atoms with E-state index in [4.69, 9.17) is 27.9 Å². The minimum atomic E-state index is -0.339. The predicted molar refractivity (Wildman–Crippen MR) is 128 cm³/mol. The fraction of sp³-hybridized carbons (Fsp3) is 0.167. The van der Waals surface area contributed by atoms with Crippen molar-refractivity contribution in [1.29, 1.82) is 0 Å². The van der Waals surface area contributed by atoms with Crippen LogP contribution in [-0.2, 0) is 9.59 Å². The Balaban J connectivity index is 1.35. The third-order valence-electron chi connectivity index (χ3n) is 5.01. The molecule has 0 spiro atoms. The molecule has 2 amide bonds. The highest BCUT2D eigenvalue weighted by atomic mass is 35.5. The van der Waals surface area contributed by atoms with E-state index in [0.29, 0.717) is 34.6 Å². The molecule has 164 valence electrons. The maximum atomic E-state index is 12.3. The summed E-state index contributed by atoms with van der Waals surface area (Å²) in [5.74, 6) is 0.0462. The van der Waals surface area contributed by atoms with Crippen molar-refractivity contribution in [3.05, 3.63) is 76.8 Å². The van der Waals surface area contributed by atoms with E-state index >= 15 is 0 Å². The summed E-state index contributed by atoms with van der Waals surface area (Å²) >= 11 is 12.7. The molecular weight excluding hydrogens is 449 g/mol. The third kappa shape index (κ3) is 5.33. The zero-order chi connectivity index (χ0) is 22.5. The number of anilines is 2. The molecule has 0 saturated carbocycles. The van der Waals surface area contributed by atoms with Crippen molar-refractivity contribution in [3.8, 4) is 16.9 Å². The van der Waals surface area contributed by atoms with Gasteiger partial charge in [0.15, 0.2) is 6.61 Å². The molecule has 1 saturated heterocycles. The highest BCUT2D eigenvalue weighted by Crippen LogP contribution is 2.31. The molecule has 6 nitrogen and oxygen atoms in total. The van der Waals surface area contributed by atoms with Gasteiger partial charge in [0.25, 0.3) is 5.91 Å². The molecule has 1 fully saturated rings. The number of carbonyl (C=O) groups excluding carboxylic acids is 2. The van der Waals surface area contributed by atoms with Crippen molar-refractivity contribution in [2.75, 3.05) is 36.5 Å². The standard InChI is InChI=1S/C24H21Cl2N3O3/c25-19-13-18(7-8-21(19)29-11-10-27-23(30)14-29)28-24(31)15-32-22-9-6-17(12-20(22)26)16-4-2-1-3-5-16/h1-9,12-13H,10-11,14-15H2,(H,27,30)(H,28,31). The number of hydrogen-bond donors (Lipinski definition) is 2. The molecule has 1 aliphatic heterocycles. The first-order valence-electron chi connectivity index (χ1n) is 10.1. The lowest BCUT2D eigenvalue weighted by Gasteiger charge is -2.29. The number of piperazine rings is 1. The Hall–Kier alpha value is -3.22. The number of nitrogens with one attached hydrogen (secondary N) is 2. The second kappa shape index (κ2) is 9.94. The topological polar surface area (TPSA) is 70.7 Å². The second-order valence-electron chi connectivity index (χ2n) is 7.29. The zero-order valence-corrected chi connectivity index (χ0v) is 18.6. The van der Waals surface area contributed by atoms with Gasteiger partial charge in [-0.25, -0.2) is 0 Å². The van der Waals surface area contributed by atoms with Crippen LogP contribution < -0.4 is 20.3 Å². The third-order valence-corrected chi connectivity index (χ3v) is 5.61. The summed E-state index contributed by atoms with van der Waals surface area (Å²) < 4.78 is 5.59. The molecule has 0 atom stereocenters. The summed E-state index contributed by atoms with van der Waals surface area (Å²) in [5, 5.41) is 6.42. The van der Waals surface area contributed by atoms with E-state index in [1.54, 1.807) is 24.3 Å². The summed E-state index contributed by atoms with van der Waals surface area (Å²) in [6.07, 6.45) is 0. The maximum absolute atomic E-state index is 12.3. The van der Waals surface area contributed by atoms with Gasteiger partial charge in [0.1, 0.15) is 5.75 Å². The largest absolute Gasteiger partial charge is 0.482 e. The van der Waals surface area contributed by atoms with Crippen LogP contribution in [0.5, 0.6) is 5.75 Å². The van der Waals surface area contributed by atoms with Gasteiger partial charge in [-0.3, -0.25) is 9.59 Å². The van der Waals surface area contributed by atoms with Crippen LogP contribution in [-0.4, -0.2) is 38.1 Å². The Morgan fingerprint density at radius 3 is 2.53 bits per heavy atom. The minimum Gasteiger partial charge on any atom is -0.482 e. The van der Waals surface area contributed by atoms with E-state index < -0.39 is 0 Å². The molecule has 0 aliphatic carbocycles. The summed E-state index contributed by atoms with van der Waals surface area (Å²) in [7, 11) is 0. The molecule has 8 heteroatoms. The molecule has 2 N–H and O–H groups in total. The van der Waals surface area contributed by atoms with E-state index in [0.717, 1.165) is 16.8 Å². The molecule has 0 bridgehead atoms. The molecule has 0 aromatic heterocycles. The van der Waals surface area contributed by atoms with Crippen molar-refractivity contribution in [3.63, 3.8) is 0 Å². The van der Waals surface area contributed by atoms with Gasteiger partial charge in [0, 0.05) is 18.8 Å². The van der Waals surface area contributed by atoms with E-state index in [-0.39, 0.29) is 25.0 Å². The van der Waals surface area contributed by atoms with Crippen LogP contribution in [0.15, 0.2) is 66.7 Å². The fourth-order valence-corrected chi connectivity index (χ4v) is 3.99. The van der Waals surface area contributed by atoms with Gasteiger partial charge >= 0.3 is 0 Å². The summed E-state index contributed by atoms with van der Waals surface area (Å²) in [6, 6.07) is 20.5. The number of halogens is 2. The van der Waals surface area contributed by atoms with Crippen molar-refractivity contribution in [2.24, 2.45) is 0 Å². The lowest BCUT2D eigenvalue weighted by atomic mass is 10.1. The molecule has 3 aromatic carbocycles. The van der Waals surface area contributed by atoms with Crippen LogP contribution in [0.2, 0.25) is 10.0 Å². The first-order chi connectivity index (χ1) is 15.5. The molecule has 4 rings (SSSR count). The first kappa shape index (κ1) is 22.0. The van der Waals surface area contributed by atoms with Gasteiger partial charge in [-0.15, -0.1) is 0 Å². The Kier molecular flexibility index (Phi) is 6.83. The number of carbonyl (C=O) groups is 2. The van der Waals surface area contributed by atoms with Crippen LogP contribution in [0.3, 0.4) is 0 Å². The molecule has 0 unspecified atom stereocenters. The van der Waals surface area contributed by atoms with Crippen molar-refractivity contribution >= 4 is 46.4 Å². The van der Waals surface area contributed by atoms with Gasteiger partial charge < -0.3 is 20.3 Å². The van der Waals surface area contributed by atoms with Gasteiger partial charge in [-0.05, 0) is 41.5 Å². The minimum absolute atomic E-state index is 0.0442. The summed E-state index contributed by atoms with van der Waals surface area (Å²) in [4.78, 5) is 25.8. The molecule has 0 radical (unpaired) electrons. The number of benzene rings is 3. The number of hydrogen-bond acceptors (Lipinski definition) is 4. The Morgan fingerprint density at radius 1 is 1.00 bits per heavy atom. The van der Waals surface area contributed by atoms with Crippen LogP contribution >= 0.6 is 23.2 Å². The van der Waals surface area contributed by atoms with Crippen LogP contribution in [0.4, 0.5) is 11.4 Å². The lowest BCUT2D eigenvalue weighted by molar-refractivity contribution is -0.120. The van der Waals surface area contributed by atoms with Crippen molar-refractivity contribution in [1.82, 2.24) is 5.32 Å². The quantitative estimate of drug-likeness (QED) is 0.552. The average Bonchev–Trinajstić information content (AvgIpc) is 2.79. The Labute approximate surface area is 196 Å². The van der Waals surface area contributed by atoms with Crippen LogP contribution in [0, 0.1) is 0 Å². The van der Waals surface area contributed by atoms with Gasteiger partial charge in [-0.2, -0.15) is 0 Å². The number of nitrogens with zero attached hydrogens (tertiary/aromatic N) is 1. The van der Waals surface area contributed by atoms with E-state index in [1.807, 2.05) is 47.4 Å². The Bertz CT molecular complexity index is 1140. The number of rotatable bonds is 6. The molecular formula is C24H21Cl2N3O3. The highest BCUT2D eigenvalue weighted by molar-refractivity contribution is 6.33. The normalized spacial score (nSPS) is 13.4. The Morgan fingerprint density at radius 2 is 1.81 bits per heavy atom.